The molecule has 1 atom stereocenters. The Balaban J connectivity index is 1.48. The van der Waals surface area contributed by atoms with E-state index in [0.717, 1.165) is 18.0 Å². The molecule has 8 nitrogen and oxygen atoms in total. The summed E-state index contributed by atoms with van der Waals surface area (Å²) in [5.41, 5.74) is 0.670. The van der Waals surface area contributed by atoms with Gasteiger partial charge in [-0.1, -0.05) is 9.64 Å². The highest BCUT2D eigenvalue weighted by Crippen LogP contribution is 2.29. The molecular weight excluding hydrogens is 318 g/mol. The van der Waals surface area contributed by atoms with E-state index in [2.05, 4.69) is 19.7 Å². The van der Waals surface area contributed by atoms with Crippen LogP contribution in [-0.4, -0.2) is 43.6 Å². The zero-order valence-corrected chi connectivity index (χ0v) is 13.1. The number of carbonyl (C=O) groups is 1. The third-order valence-corrected chi connectivity index (χ3v) is 4.68. The fourth-order valence-electron chi connectivity index (χ4n) is 2.63. The lowest BCUT2D eigenvalue weighted by molar-refractivity contribution is 0.0794. The van der Waals surface area contributed by atoms with Gasteiger partial charge < -0.3 is 13.8 Å². The average Bonchev–Trinajstić information content (AvgIpc) is 3.31. The lowest BCUT2D eigenvalue weighted by atomic mass is 10.1. The molecule has 4 rings (SSSR count). The largest absolute Gasteiger partial charge is 0.459 e. The summed E-state index contributed by atoms with van der Waals surface area (Å²) in [6.07, 6.45) is 2.36. The van der Waals surface area contributed by atoms with Crippen LogP contribution in [0, 0.1) is 6.92 Å². The minimum Gasteiger partial charge on any atom is -0.459 e. The number of amides is 1. The van der Waals surface area contributed by atoms with Crippen LogP contribution in [0.15, 0.2) is 27.3 Å². The van der Waals surface area contributed by atoms with E-state index in [1.807, 2.05) is 0 Å². The van der Waals surface area contributed by atoms with Crippen LogP contribution in [0.2, 0.25) is 0 Å². The first-order chi connectivity index (χ1) is 11.2. The van der Waals surface area contributed by atoms with E-state index in [0.29, 0.717) is 41.1 Å². The van der Waals surface area contributed by atoms with Crippen LogP contribution in [0.4, 0.5) is 0 Å². The Bertz CT molecular complexity index is 825. The second-order valence-corrected chi connectivity index (χ2v) is 6.11. The molecule has 1 fully saturated rings. The quantitative estimate of drug-likeness (QED) is 0.725. The Labute approximate surface area is 135 Å². The van der Waals surface area contributed by atoms with Gasteiger partial charge in [-0.15, -0.1) is 5.10 Å². The Hall–Kier alpha value is -2.55. The molecule has 1 aliphatic heterocycles. The van der Waals surface area contributed by atoms with Gasteiger partial charge in [0.25, 0.3) is 11.8 Å². The van der Waals surface area contributed by atoms with Crippen LogP contribution >= 0.6 is 11.5 Å². The third-order valence-electron chi connectivity index (χ3n) is 3.86. The number of hydrogen-bond acceptors (Lipinski definition) is 8. The van der Waals surface area contributed by atoms with Crippen molar-refractivity contribution in [2.45, 2.75) is 19.3 Å². The number of aryl methyl sites for hydroxylation is 1. The lowest BCUT2D eigenvalue weighted by Crippen LogP contribution is -2.28. The Morgan fingerprint density at radius 3 is 3.13 bits per heavy atom. The summed E-state index contributed by atoms with van der Waals surface area (Å²) in [5, 5.41) is 7.91. The van der Waals surface area contributed by atoms with Gasteiger partial charge in [-0.25, -0.2) is 0 Å². The SMILES string of the molecule is Cc1nnsc1C(=O)N1CC[C@H](c2noc(-c3ccco3)n2)C1. The monoisotopic (exact) mass is 331 g/mol. The zero-order valence-electron chi connectivity index (χ0n) is 12.3. The highest BCUT2D eigenvalue weighted by atomic mass is 32.1. The van der Waals surface area contributed by atoms with Crippen molar-refractivity contribution in [1.82, 2.24) is 24.6 Å². The Morgan fingerprint density at radius 2 is 2.39 bits per heavy atom. The van der Waals surface area contributed by atoms with Crippen molar-refractivity contribution in [3.05, 3.63) is 34.8 Å². The van der Waals surface area contributed by atoms with E-state index in [9.17, 15) is 4.79 Å². The molecule has 118 valence electrons. The topological polar surface area (TPSA) is 98.2 Å². The molecule has 0 aromatic carbocycles. The molecule has 1 aliphatic rings. The molecule has 1 amide bonds. The van der Waals surface area contributed by atoms with Crippen molar-refractivity contribution in [2.24, 2.45) is 0 Å². The van der Waals surface area contributed by atoms with Crippen molar-refractivity contribution in [3.8, 4) is 11.7 Å². The molecule has 3 aromatic rings. The normalized spacial score (nSPS) is 17.8. The molecule has 0 N–H and O–H groups in total. The molecule has 1 saturated heterocycles. The first-order valence-corrected chi connectivity index (χ1v) is 7.95. The van der Waals surface area contributed by atoms with Gasteiger partial charge in [0.2, 0.25) is 0 Å². The number of rotatable bonds is 3. The molecule has 0 radical (unpaired) electrons. The fourth-order valence-corrected chi connectivity index (χ4v) is 3.25. The second kappa shape index (κ2) is 5.58. The Morgan fingerprint density at radius 1 is 1.48 bits per heavy atom. The van der Waals surface area contributed by atoms with Gasteiger partial charge in [-0.2, -0.15) is 4.98 Å². The zero-order chi connectivity index (χ0) is 15.8. The summed E-state index contributed by atoms with van der Waals surface area (Å²) >= 11 is 1.13. The number of nitrogens with zero attached hydrogens (tertiary/aromatic N) is 5. The van der Waals surface area contributed by atoms with E-state index in [1.54, 1.807) is 30.2 Å². The van der Waals surface area contributed by atoms with Crippen molar-refractivity contribution in [1.29, 1.82) is 0 Å². The summed E-state index contributed by atoms with van der Waals surface area (Å²) in [6.45, 7) is 3.01. The number of aromatic nitrogens is 4. The molecule has 4 heterocycles. The molecule has 0 aliphatic carbocycles. The second-order valence-electron chi connectivity index (χ2n) is 5.36. The van der Waals surface area contributed by atoms with E-state index in [4.69, 9.17) is 8.94 Å². The number of carbonyl (C=O) groups excluding carboxylic acids is 1. The predicted molar refractivity (Wildman–Crippen MR) is 79.9 cm³/mol. The minimum atomic E-state index is -0.0326. The fraction of sp³-hybridized carbons (Fsp3) is 0.357. The van der Waals surface area contributed by atoms with Gasteiger partial charge in [0, 0.05) is 19.0 Å². The minimum absolute atomic E-state index is 0.0326. The standard InChI is InChI=1S/C14H13N5O3S/c1-8-11(23-18-16-8)14(20)19-5-4-9(7-19)12-15-13(22-17-12)10-3-2-6-21-10/h2-3,6,9H,4-5,7H2,1H3/t9-/m0/s1. The van der Waals surface area contributed by atoms with E-state index in [1.165, 1.54) is 0 Å². The molecule has 9 heteroatoms. The first-order valence-electron chi connectivity index (χ1n) is 7.18. The Kier molecular flexibility index (Phi) is 3.41. The maximum absolute atomic E-state index is 12.5. The van der Waals surface area contributed by atoms with Gasteiger partial charge in [0.1, 0.15) is 4.88 Å². The van der Waals surface area contributed by atoms with Gasteiger partial charge in [-0.05, 0) is 37.0 Å². The van der Waals surface area contributed by atoms with Crippen LogP contribution in [0.3, 0.4) is 0 Å². The van der Waals surface area contributed by atoms with Crippen molar-refractivity contribution in [2.75, 3.05) is 13.1 Å². The maximum atomic E-state index is 12.5. The summed E-state index contributed by atoms with van der Waals surface area (Å²) in [5.74, 6) is 1.53. The van der Waals surface area contributed by atoms with Crippen molar-refractivity contribution in [3.63, 3.8) is 0 Å². The number of likely N-dealkylation sites (tertiary alicyclic amines) is 1. The first kappa shape index (κ1) is 14.1. The molecule has 0 unspecified atom stereocenters. The lowest BCUT2D eigenvalue weighted by Gasteiger charge is -2.14. The van der Waals surface area contributed by atoms with Gasteiger partial charge in [0.05, 0.1) is 12.0 Å². The summed E-state index contributed by atoms with van der Waals surface area (Å²) in [4.78, 5) is 19.2. The molecule has 0 bridgehead atoms. The van der Waals surface area contributed by atoms with Gasteiger partial charge in [0.15, 0.2) is 11.6 Å². The van der Waals surface area contributed by atoms with E-state index < -0.39 is 0 Å². The average molecular weight is 331 g/mol. The molecular formula is C14H13N5O3S. The number of hydrogen-bond donors (Lipinski definition) is 0. The summed E-state index contributed by atoms with van der Waals surface area (Å²) < 4.78 is 14.3. The summed E-state index contributed by atoms with van der Waals surface area (Å²) in [6, 6.07) is 3.53. The van der Waals surface area contributed by atoms with Crippen molar-refractivity contribution >= 4 is 17.4 Å². The van der Waals surface area contributed by atoms with Crippen LogP contribution in [0.1, 0.15) is 33.5 Å². The van der Waals surface area contributed by atoms with Crippen LogP contribution in [0.5, 0.6) is 0 Å². The van der Waals surface area contributed by atoms with Crippen LogP contribution in [0.25, 0.3) is 11.7 Å². The highest BCUT2D eigenvalue weighted by molar-refractivity contribution is 7.07. The maximum Gasteiger partial charge on any atom is 0.293 e. The molecule has 0 spiro atoms. The van der Waals surface area contributed by atoms with Crippen molar-refractivity contribution < 1.29 is 13.7 Å². The third kappa shape index (κ3) is 2.52. The van der Waals surface area contributed by atoms with Crippen LogP contribution in [-0.2, 0) is 0 Å². The molecule has 23 heavy (non-hydrogen) atoms. The number of furan rings is 1. The van der Waals surface area contributed by atoms with Crippen LogP contribution < -0.4 is 0 Å². The van der Waals surface area contributed by atoms with E-state index >= 15 is 0 Å². The molecule has 3 aromatic heterocycles. The smallest absolute Gasteiger partial charge is 0.293 e. The summed E-state index contributed by atoms with van der Waals surface area (Å²) in [7, 11) is 0. The predicted octanol–water partition coefficient (Wildman–Crippen LogP) is 2.12. The van der Waals surface area contributed by atoms with Gasteiger partial charge in [-0.3, -0.25) is 4.79 Å². The molecule has 0 saturated carbocycles. The highest BCUT2D eigenvalue weighted by Gasteiger charge is 2.32. The van der Waals surface area contributed by atoms with E-state index in [-0.39, 0.29) is 11.8 Å². The van der Waals surface area contributed by atoms with Gasteiger partial charge >= 0.3 is 0 Å².